The summed E-state index contributed by atoms with van der Waals surface area (Å²) in [5, 5.41) is 3.13. The van der Waals surface area contributed by atoms with Crippen molar-refractivity contribution in [3.63, 3.8) is 0 Å². The number of furan rings is 1. The van der Waals surface area contributed by atoms with Gasteiger partial charge in [-0.1, -0.05) is 39.0 Å². The molecule has 0 radical (unpaired) electrons. The molecular formula is C15H27NO2. The van der Waals surface area contributed by atoms with Crippen LogP contribution in [0.15, 0.2) is 16.7 Å². The first-order valence-electron chi connectivity index (χ1n) is 7.16. The fourth-order valence-electron chi connectivity index (χ4n) is 1.99. The Kier molecular flexibility index (Phi) is 8.61. The molecule has 0 fully saturated rings. The smallest absolute Gasteiger partial charge is 0.133 e. The molecule has 1 rings (SSSR count). The van der Waals surface area contributed by atoms with Crippen LogP contribution in [0.2, 0.25) is 0 Å². The van der Waals surface area contributed by atoms with Crippen LogP contribution in [-0.2, 0) is 17.9 Å². The van der Waals surface area contributed by atoms with Crippen molar-refractivity contribution in [2.24, 2.45) is 0 Å². The Balaban J connectivity index is 2.01. The number of unbranched alkanes of at least 4 members (excludes halogenated alkanes) is 5. The molecule has 0 aromatic carbocycles. The van der Waals surface area contributed by atoms with Gasteiger partial charge in [-0.2, -0.15) is 0 Å². The molecule has 0 spiro atoms. The van der Waals surface area contributed by atoms with E-state index in [0.29, 0.717) is 6.61 Å². The van der Waals surface area contributed by atoms with E-state index in [-0.39, 0.29) is 0 Å². The molecule has 1 heterocycles. The summed E-state index contributed by atoms with van der Waals surface area (Å²) in [5.41, 5.74) is 1.19. The topological polar surface area (TPSA) is 34.4 Å². The highest BCUT2D eigenvalue weighted by molar-refractivity contribution is 5.15. The Morgan fingerprint density at radius 1 is 1.17 bits per heavy atom. The van der Waals surface area contributed by atoms with Gasteiger partial charge in [-0.3, -0.25) is 0 Å². The Bertz CT molecular complexity index is 296. The predicted octanol–water partition coefficient (Wildman–Crippen LogP) is 3.88. The van der Waals surface area contributed by atoms with Crippen LogP contribution in [0.25, 0.3) is 0 Å². The van der Waals surface area contributed by atoms with Gasteiger partial charge in [-0.25, -0.2) is 0 Å². The van der Waals surface area contributed by atoms with E-state index in [1.165, 1.54) is 37.7 Å². The zero-order chi connectivity index (χ0) is 13.1. The molecule has 0 atom stereocenters. The molecule has 0 saturated heterocycles. The highest BCUT2D eigenvalue weighted by atomic mass is 16.5. The molecule has 18 heavy (non-hydrogen) atoms. The second-order valence-electron chi connectivity index (χ2n) is 4.72. The van der Waals surface area contributed by atoms with Crippen molar-refractivity contribution in [2.45, 2.75) is 58.6 Å². The Morgan fingerprint density at radius 3 is 2.72 bits per heavy atom. The monoisotopic (exact) mass is 253 g/mol. The van der Waals surface area contributed by atoms with Crippen molar-refractivity contribution < 1.29 is 9.15 Å². The van der Waals surface area contributed by atoms with E-state index in [9.17, 15) is 0 Å². The summed E-state index contributed by atoms with van der Waals surface area (Å²) in [5.74, 6) is 0.954. The Labute approximate surface area is 111 Å². The molecule has 1 N–H and O–H groups in total. The lowest BCUT2D eigenvalue weighted by molar-refractivity contribution is 0.102. The third-order valence-corrected chi connectivity index (χ3v) is 3.08. The van der Waals surface area contributed by atoms with E-state index < -0.39 is 0 Å². The number of nitrogens with one attached hydrogen (secondary N) is 1. The number of hydrogen-bond donors (Lipinski definition) is 1. The van der Waals surface area contributed by atoms with Crippen molar-refractivity contribution >= 4 is 0 Å². The number of ether oxygens (including phenoxy) is 1. The predicted molar refractivity (Wildman–Crippen MR) is 74.5 cm³/mol. The lowest BCUT2D eigenvalue weighted by Crippen LogP contribution is -2.06. The summed E-state index contributed by atoms with van der Waals surface area (Å²) < 4.78 is 11.1. The van der Waals surface area contributed by atoms with Gasteiger partial charge in [0.25, 0.3) is 0 Å². The van der Waals surface area contributed by atoms with Crippen LogP contribution in [0, 0.1) is 0 Å². The first-order chi connectivity index (χ1) is 8.88. The summed E-state index contributed by atoms with van der Waals surface area (Å²) in [4.78, 5) is 0. The third kappa shape index (κ3) is 6.22. The number of hydrogen-bond acceptors (Lipinski definition) is 3. The first-order valence-corrected chi connectivity index (χ1v) is 7.16. The minimum atomic E-state index is 0.596. The highest BCUT2D eigenvalue weighted by Gasteiger charge is 2.04. The van der Waals surface area contributed by atoms with Crippen molar-refractivity contribution in [1.29, 1.82) is 0 Å². The van der Waals surface area contributed by atoms with Gasteiger partial charge in [-0.15, -0.1) is 0 Å². The molecule has 0 aliphatic heterocycles. The third-order valence-electron chi connectivity index (χ3n) is 3.08. The van der Waals surface area contributed by atoms with Crippen LogP contribution >= 0.6 is 0 Å². The molecule has 0 aliphatic rings. The van der Waals surface area contributed by atoms with Gasteiger partial charge in [0.2, 0.25) is 0 Å². The van der Waals surface area contributed by atoms with Crippen LogP contribution in [0.3, 0.4) is 0 Å². The average Bonchev–Trinajstić information content (AvgIpc) is 2.81. The molecule has 104 valence electrons. The zero-order valence-electron chi connectivity index (χ0n) is 11.8. The quantitative estimate of drug-likeness (QED) is 0.608. The highest BCUT2D eigenvalue weighted by Crippen LogP contribution is 2.12. The molecule has 0 amide bonds. The summed E-state index contributed by atoms with van der Waals surface area (Å²) in [7, 11) is 1.94. The van der Waals surface area contributed by atoms with Crippen molar-refractivity contribution in [3.8, 4) is 0 Å². The van der Waals surface area contributed by atoms with E-state index >= 15 is 0 Å². The van der Waals surface area contributed by atoms with Gasteiger partial charge >= 0.3 is 0 Å². The van der Waals surface area contributed by atoms with Gasteiger partial charge in [-0.05, 0) is 19.5 Å². The standard InChI is InChI=1S/C15H27NO2/c1-3-4-5-6-7-8-10-17-13-15-14(12-16-2)9-11-18-15/h9,11,16H,3-8,10,12-13H2,1-2H3. The number of rotatable bonds is 11. The van der Waals surface area contributed by atoms with Gasteiger partial charge in [0.1, 0.15) is 12.4 Å². The SMILES string of the molecule is CCCCCCCCOCc1occc1CNC. The van der Waals surface area contributed by atoms with Crippen LogP contribution in [0.1, 0.15) is 56.8 Å². The van der Waals surface area contributed by atoms with Crippen LogP contribution in [0.4, 0.5) is 0 Å². The lowest BCUT2D eigenvalue weighted by Gasteiger charge is -2.04. The molecular weight excluding hydrogens is 226 g/mol. The molecule has 3 heteroatoms. The molecule has 1 aromatic heterocycles. The van der Waals surface area contributed by atoms with E-state index in [0.717, 1.165) is 25.3 Å². The normalized spacial score (nSPS) is 11.0. The van der Waals surface area contributed by atoms with Gasteiger partial charge in [0.15, 0.2) is 0 Å². The first kappa shape index (κ1) is 15.3. The van der Waals surface area contributed by atoms with E-state index in [1.807, 2.05) is 13.1 Å². The minimum absolute atomic E-state index is 0.596. The van der Waals surface area contributed by atoms with E-state index in [4.69, 9.17) is 9.15 Å². The maximum Gasteiger partial charge on any atom is 0.133 e. The van der Waals surface area contributed by atoms with Gasteiger partial charge in [0, 0.05) is 18.7 Å². The van der Waals surface area contributed by atoms with Crippen molar-refractivity contribution in [2.75, 3.05) is 13.7 Å². The summed E-state index contributed by atoms with van der Waals surface area (Å²) >= 11 is 0. The molecule has 0 saturated carbocycles. The van der Waals surface area contributed by atoms with E-state index in [1.54, 1.807) is 6.26 Å². The molecule has 0 bridgehead atoms. The lowest BCUT2D eigenvalue weighted by atomic mass is 10.1. The van der Waals surface area contributed by atoms with Crippen LogP contribution in [-0.4, -0.2) is 13.7 Å². The molecule has 0 aliphatic carbocycles. The fourth-order valence-corrected chi connectivity index (χ4v) is 1.99. The van der Waals surface area contributed by atoms with Gasteiger partial charge in [0.05, 0.1) is 6.26 Å². The maximum absolute atomic E-state index is 5.65. The second-order valence-corrected chi connectivity index (χ2v) is 4.72. The summed E-state index contributed by atoms with van der Waals surface area (Å²) in [6.45, 7) is 4.52. The van der Waals surface area contributed by atoms with Gasteiger partial charge < -0.3 is 14.5 Å². The maximum atomic E-state index is 5.65. The minimum Gasteiger partial charge on any atom is -0.467 e. The van der Waals surface area contributed by atoms with Crippen molar-refractivity contribution in [3.05, 3.63) is 23.7 Å². The van der Waals surface area contributed by atoms with Crippen LogP contribution in [0.5, 0.6) is 0 Å². The summed E-state index contributed by atoms with van der Waals surface area (Å²) in [6, 6.07) is 2.00. The summed E-state index contributed by atoms with van der Waals surface area (Å²) in [6.07, 6.45) is 9.54. The molecule has 0 unspecified atom stereocenters. The second kappa shape index (κ2) is 10.2. The van der Waals surface area contributed by atoms with Crippen molar-refractivity contribution in [1.82, 2.24) is 5.32 Å². The molecule has 3 nitrogen and oxygen atoms in total. The fraction of sp³-hybridized carbons (Fsp3) is 0.733. The van der Waals surface area contributed by atoms with E-state index in [2.05, 4.69) is 12.2 Å². The average molecular weight is 253 g/mol. The van der Waals surface area contributed by atoms with Crippen LogP contribution < -0.4 is 5.32 Å². The Morgan fingerprint density at radius 2 is 1.94 bits per heavy atom. The zero-order valence-corrected chi connectivity index (χ0v) is 11.8. The largest absolute Gasteiger partial charge is 0.467 e. The Hall–Kier alpha value is -0.800. The molecule has 1 aromatic rings.